The van der Waals surface area contributed by atoms with Gasteiger partial charge in [-0.15, -0.1) is 0 Å². The molecule has 1 aromatic rings. The first kappa shape index (κ1) is 16.9. The number of hydrogen-bond acceptors (Lipinski definition) is 2. The van der Waals surface area contributed by atoms with Crippen LogP contribution in [-0.4, -0.2) is 25.8 Å². The summed E-state index contributed by atoms with van der Waals surface area (Å²) in [7, 11) is -3.74. The summed E-state index contributed by atoms with van der Waals surface area (Å²) < 4.78 is 41.0. The molecule has 1 aliphatic rings. The van der Waals surface area contributed by atoms with E-state index in [1.807, 2.05) is 0 Å². The van der Waals surface area contributed by atoms with Crippen molar-refractivity contribution in [3.63, 3.8) is 0 Å². The van der Waals surface area contributed by atoms with Crippen molar-refractivity contribution >= 4 is 26.0 Å². The fraction of sp³-hybridized carbons (Fsp3) is 0.600. The quantitative estimate of drug-likeness (QED) is 0.779. The summed E-state index contributed by atoms with van der Waals surface area (Å²) in [5.74, 6) is -0.207. The highest BCUT2D eigenvalue weighted by Crippen LogP contribution is 2.36. The zero-order valence-electron chi connectivity index (χ0n) is 12.6. The van der Waals surface area contributed by atoms with E-state index in [1.165, 1.54) is 16.4 Å². The van der Waals surface area contributed by atoms with Crippen molar-refractivity contribution < 1.29 is 12.8 Å². The van der Waals surface area contributed by atoms with Gasteiger partial charge in [0.25, 0.3) is 0 Å². The van der Waals surface area contributed by atoms with Crippen LogP contribution < -0.4 is 0 Å². The van der Waals surface area contributed by atoms with Crippen molar-refractivity contribution in [1.82, 2.24) is 4.31 Å². The number of benzene rings is 1. The van der Waals surface area contributed by atoms with Gasteiger partial charge in [-0.25, -0.2) is 12.8 Å². The van der Waals surface area contributed by atoms with Gasteiger partial charge in [0.15, 0.2) is 0 Å². The van der Waals surface area contributed by atoms with Gasteiger partial charge in [0, 0.05) is 17.6 Å². The Labute approximate surface area is 134 Å². The van der Waals surface area contributed by atoms with Crippen LogP contribution in [0.15, 0.2) is 27.6 Å². The Morgan fingerprint density at radius 1 is 1.24 bits per heavy atom. The molecule has 0 bridgehead atoms. The van der Waals surface area contributed by atoms with Crippen LogP contribution in [0.5, 0.6) is 0 Å². The maximum atomic E-state index is 13.9. The Balaban J connectivity index is 2.19. The third-order valence-corrected chi connectivity index (χ3v) is 6.62. The summed E-state index contributed by atoms with van der Waals surface area (Å²) in [6.07, 6.45) is 1.64. The fourth-order valence-corrected chi connectivity index (χ4v) is 4.63. The minimum Gasteiger partial charge on any atom is -0.207 e. The lowest BCUT2D eigenvalue weighted by Gasteiger charge is -2.38. The molecule has 6 heteroatoms. The van der Waals surface area contributed by atoms with E-state index in [-0.39, 0.29) is 10.3 Å². The Morgan fingerprint density at radius 2 is 1.81 bits per heavy atom. The van der Waals surface area contributed by atoms with Gasteiger partial charge >= 0.3 is 0 Å². The first-order valence-electron chi connectivity index (χ1n) is 7.07. The molecule has 3 nitrogen and oxygen atoms in total. The average molecular weight is 378 g/mol. The molecule has 0 radical (unpaired) electrons. The van der Waals surface area contributed by atoms with Crippen LogP contribution in [0.1, 0.15) is 33.6 Å². The van der Waals surface area contributed by atoms with E-state index in [9.17, 15) is 12.8 Å². The summed E-state index contributed by atoms with van der Waals surface area (Å²) in [5, 5.41) is 0. The van der Waals surface area contributed by atoms with E-state index in [4.69, 9.17) is 0 Å². The highest BCUT2D eigenvalue weighted by Gasteiger charge is 2.34. The van der Waals surface area contributed by atoms with E-state index in [0.29, 0.717) is 23.5 Å². The molecule has 0 spiro atoms. The van der Waals surface area contributed by atoms with Gasteiger partial charge in [-0.05, 0) is 42.4 Å². The van der Waals surface area contributed by atoms with Gasteiger partial charge in [0.1, 0.15) is 10.7 Å². The van der Waals surface area contributed by atoms with E-state index in [1.54, 1.807) is 6.07 Å². The standard InChI is InChI=1S/C15H21BrFNO2S/c1-15(2,3)11-6-8-18(9-7-11)21(19,20)14-5-4-12(16)10-13(14)17/h4-5,10-11H,6-9H2,1-3H3. The van der Waals surface area contributed by atoms with Crippen LogP contribution in [0, 0.1) is 17.2 Å². The van der Waals surface area contributed by atoms with Crippen LogP contribution in [0.3, 0.4) is 0 Å². The van der Waals surface area contributed by atoms with Crippen LogP contribution >= 0.6 is 15.9 Å². The molecule has 1 saturated heterocycles. The molecule has 118 valence electrons. The predicted molar refractivity (Wildman–Crippen MR) is 85.0 cm³/mol. The molecular formula is C15H21BrFNO2S. The van der Waals surface area contributed by atoms with Crippen molar-refractivity contribution in [2.24, 2.45) is 11.3 Å². The second-order valence-electron chi connectivity index (χ2n) is 6.62. The Morgan fingerprint density at radius 3 is 2.29 bits per heavy atom. The second-order valence-corrected chi connectivity index (χ2v) is 9.44. The smallest absolute Gasteiger partial charge is 0.207 e. The molecule has 1 aromatic carbocycles. The molecule has 0 unspecified atom stereocenters. The minimum absolute atomic E-state index is 0.179. The molecule has 2 rings (SSSR count). The van der Waals surface area contributed by atoms with Gasteiger partial charge < -0.3 is 0 Å². The first-order valence-corrected chi connectivity index (χ1v) is 9.31. The minimum atomic E-state index is -3.74. The molecule has 0 aliphatic carbocycles. The molecule has 0 N–H and O–H groups in total. The summed E-state index contributed by atoms with van der Waals surface area (Å²) in [5.41, 5.74) is 0.179. The lowest BCUT2D eigenvalue weighted by atomic mass is 9.76. The number of rotatable bonds is 2. The summed E-state index contributed by atoms with van der Waals surface area (Å²) in [6, 6.07) is 4.07. The maximum Gasteiger partial charge on any atom is 0.245 e. The monoisotopic (exact) mass is 377 g/mol. The third kappa shape index (κ3) is 3.66. The van der Waals surface area contributed by atoms with E-state index in [2.05, 4.69) is 36.7 Å². The third-order valence-electron chi connectivity index (χ3n) is 4.19. The highest BCUT2D eigenvalue weighted by molar-refractivity contribution is 9.10. The molecule has 0 aromatic heterocycles. The zero-order valence-corrected chi connectivity index (χ0v) is 15.0. The highest BCUT2D eigenvalue weighted by atomic mass is 79.9. The average Bonchev–Trinajstić information content (AvgIpc) is 2.37. The van der Waals surface area contributed by atoms with Crippen LogP contribution in [0.25, 0.3) is 0 Å². The van der Waals surface area contributed by atoms with Gasteiger partial charge in [-0.3, -0.25) is 0 Å². The fourth-order valence-electron chi connectivity index (χ4n) is 2.79. The molecule has 0 amide bonds. The van der Waals surface area contributed by atoms with Gasteiger partial charge in [0.2, 0.25) is 10.0 Å². The molecule has 21 heavy (non-hydrogen) atoms. The number of hydrogen-bond donors (Lipinski definition) is 0. The maximum absolute atomic E-state index is 13.9. The van der Waals surface area contributed by atoms with Gasteiger partial charge in [-0.2, -0.15) is 4.31 Å². The normalized spacial score (nSPS) is 18.9. The van der Waals surface area contributed by atoms with E-state index in [0.717, 1.165) is 12.8 Å². The van der Waals surface area contributed by atoms with Crippen molar-refractivity contribution in [1.29, 1.82) is 0 Å². The lowest BCUT2D eigenvalue weighted by Crippen LogP contribution is -2.41. The SMILES string of the molecule is CC(C)(C)C1CCN(S(=O)(=O)c2ccc(Br)cc2F)CC1. The van der Waals surface area contributed by atoms with Crippen molar-refractivity contribution in [3.8, 4) is 0 Å². The molecule has 0 saturated carbocycles. The molecule has 1 aliphatic heterocycles. The molecule has 0 atom stereocenters. The number of halogens is 2. The Bertz CT molecular complexity index is 617. The Hall–Kier alpha value is -0.460. The molecule has 1 fully saturated rings. The molecule has 1 heterocycles. The number of sulfonamides is 1. The predicted octanol–water partition coefficient (Wildman–Crippen LogP) is 4.04. The lowest BCUT2D eigenvalue weighted by molar-refractivity contribution is 0.154. The van der Waals surface area contributed by atoms with Crippen LogP contribution in [0.4, 0.5) is 4.39 Å². The summed E-state index contributed by atoms with van der Waals surface area (Å²) >= 11 is 3.14. The largest absolute Gasteiger partial charge is 0.245 e. The van der Waals surface area contributed by atoms with Crippen LogP contribution in [-0.2, 0) is 10.0 Å². The Kier molecular flexibility index (Phi) is 4.81. The van der Waals surface area contributed by atoms with E-state index < -0.39 is 15.8 Å². The van der Waals surface area contributed by atoms with Crippen molar-refractivity contribution in [2.75, 3.05) is 13.1 Å². The topological polar surface area (TPSA) is 37.4 Å². The van der Waals surface area contributed by atoms with Crippen LogP contribution in [0.2, 0.25) is 0 Å². The number of nitrogens with zero attached hydrogens (tertiary/aromatic N) is 1. The summed E-state index contributed by atoms with van der Waals surface area (Å²) in [4.78, 5) is -0.236. The second kappa shape index (κ2) is 5.97. The summed E-state index contributed by atoms with van der Waals surface area (Å²) in [6.45, 7) is 7.45. The first-order chi connectivity index (χ1) is 9.62. The zero-order chi connectivity index (χ0) is 15.8. The van der Waals surface area contributed by atoms with Crippen molar-refractivity contribution in [3.05, 3.63) is 28.5 Å². The molecular weight excluding hydrogens is 357 g/mol. The van der Waals surface area contributed by atoms with Crippen molar-refractivity contribution in [2.45, 2.75) is 38.5 Å². The van der Waals surface area contributed by atoms with E-state index >= 15 is 0 Å². The number of piperidine rings is 1. The van der Waals surface area contributed by atoms with Gasteiger partial charge in [0.05, 0.1) is 0 Å². The van der Waals surface area contributed by atoms with Gasteiger partial charge in [-0.1, -0.05) is 36.7 Å².